The first-order valence-electron chi connectivity index (χ1n) is 9.94. The molecule has 0 unspecified atom stereocenters. The van der Waals surface area contributed by atoms with Crippen LogP contribution in [0.2, 0.25) is 0 Å². The lowest BCUT2D eigenvalue weighted by Crippen LogP contribution is -2.01. The number of nitrogens with zero attached hydrogens (tertiary/aromatic N) is 1. The number of hydrogen-bond donors (Lipinski definition) is 1. The van der Waals surface area contributed by atoms with E-state index in [1.807, 2.05) is 0 Å². The van der Waals surface area contributed by atoms with Gasteiger partial charge in [-0.1, -0.05) is 0 Å². The Hall–Kier alpha value is -3.65. The highest BCUT2D eigenvalue weighted by molar-refractivity contribution is 6.51. The molecule has 0 amide bonds. The summed E-state index contributed by atoms with van der Waals surface area (Å²) in [5.41, 5.74) is 1.94. The van der Waals surface area contributed by atoms with Crippen molar-refractivity contribution in [1.82, 2.24) is 4.57 Å². The highest BCUT2D eigenvalue weighted by Gasteiger charge is 2.35. The van der Waals surface area contributed by atoms with Gasteiger partial charge in [-0.3, -0.25) is 9.59 Å². The van der Waals surface area contributed by atoms with Crippen molar-refractivity contribution >= 4 is 33.6 Å². The van der Waals surface area contributed by atoms with E-state index in [0.29, 0.717) is 39.3 Å². The number of ketones is 2. The fourth-order valence-electron chi connectivity index (χ4n) is 4.18. The first-order chi connectivity index (χ1) is 15.4. The number of allylic oxidation sites excluding steroid dienone is 2. The number of carbonyl (C=O) groups is 2. The fraction of sp³-hybridized carbons (Fsp3) is 0.250. The van der Waals surface area contributed by atoms with Crippen LogP contribution < -0.4 is 14.2 Å². The maximum absolute atomic E-state index is 14.1. The summed E-state index contributed by atoms with van der Waals surface area (Å²) in [4.78, 5) is 25.9. The number of aliphatic hydroxyl groups is 1. The zero-order chi connectivity index (χ0) is 23.0. The number of aromatic nitrogens is 1. The van der Waals surface area contributed by atoms with Gasteiger partial charge in [-0.25, -0.2) is 4.39 Å². The molecule has 1 N–H and O–H groups in total. The van der Waals surface area contributed by atoms with E-state index in [1.165, 1.54) is 33.5 Å². The topological polar surface area (TPSA) is 87.0 Å². The average molecular weight is 439 g/mol. The molecule has 0 atom stereocenters. The quantitative estimate of drug-likeness (QED) is 0.569. The van der Waals surface area contributed by atoms with Gasteiger partial charge >= 0.3 is 0 Å². The molecule has 3 aromatic rings. The van der Waals surface area contributed by atoms with Gasteiger partial charge in [0.15, 0.2) is 23.1 Å². The highest BCUT2D eigenvalue weighted by Crippen LogP contribution is 2.44. The lowest BCUT2D eigenvalue weighted by atomic mass is 9.95. The molecule has 166 valence electrons. The summed E-state index contributed by atoms with van der Waals surface area (Å²) >= 11 is 0. The number of Topliss-reactive ketones (excluding diaryl/α,β-unsaturated/α-hetero) is 2. The van der Waals surface area contributed by atoms with Crippen LogP contribution in [0.5, 0.6) is 17.2 Å². The van der Waals surface area contributed by atoms with E-state index < -0.39 is 5.82 Å². The third-order valence-electron chi connectivity index (χ3n) is 5.54. The number of benzene rings is 2. The van der Waals surface area contributed by atoms with Crippen LogP contribution in [-0.4, -0.2) is 49.2 Å². The zero-order valence-electron chi connectivity index (χ0n) is 17.9. The molecule has 0 aliphatic heterocycles. The molecular formula is C24H22FNO6. The standard InChI is InChI=1S/C24H22FNO6/c1-30-20-8-13(9-21(31-2)24(20)32-3)22-18(28)11-19(29)23(22)16-12-26(6-7-27)17-5-4-14(25)10-15(16)17/h4-5,8-10,12,27H,6-7,11H2,1-3H3. The third kappa shape index (κ3) is 3.42. The molecule has 8 heteroatoms. The molecule has 0 saturated carbocycles. The minimum Gasteiger partial charge on any atom is -0.493 e. The number of fused-ring (bicyclic) bond motifs is 1. The Labute approximate surface area is 183 Å². The van der Waals surface area contributed by atoms with Crippen LogP contribution in [0.3, 0.4) is 0 Å². The lowest BCUT2D eigenvalue weighted by Gasteiger charge is -2.15. The molecule has 4 rings (SSSR count). The Balaban J connectivity index is 2.03. The number of methoxy groups -OCH3 is 3. The van der Waals surface area contributed by atoms with Crippen molar-refractivity contribution in [1.29, 1.82) is 0 Å². The molecule has 1 heterocycles. The summed E-state index contributed by atoms with van der Waals surface area (Å²) in [6, 6.07) is 7.45. The number of carbonyl (C=O) groups excluding carboxylic acids is 2. The molecular weight excluding hydrogens is 417 g/mol. The maximum atomic E-state index is 14.1. The van der Waals surface area contributed by atoms with Crippen LogP contribution in [-0.2, 0) is 16.1 Å². The molecule has 0 spiro atoms. The highest BCUT2D eigenvalue weighted by atomic mass is 19.1. The molecule has 0 radical (unpaired) electrons. The molecule has 2 aromatic carbocycles. The molecule has 0 saturated heterocycles. The van der Waals surface area contributed by atoms with Crippen LogP contribution in [0.15, 0.2) is 36.5 Å². The van der Waals surface area contributed by atoms with E-state index in [4.69, 9.17) is 14.2 Å². The Morgan fingerprint density at radius 2 is 1.62 bits per heavy atom. The number of aliphatic hydroxyl groups excluding tert-OH is 1. The van der Waals surface area contributed by atoms with Gasteiger partial charge < -0.3 is 23.9 Å². The molecule has 0 bridgehead atoms. The Bertz CT molecular complexity index is 1250. The van der Waals surface area contributed by atoms with Gasteiger partial charge in [0.1, 0.15) is 5.82 Å². The molecule has 32 heavy (non-hydrogen) atoms. The number of rotatable bonds is 7. The van der Waals surface area contributed by atoms with Crippen LogP contribution in [0.4, 0.5) is 4.39 Å². The largest absolute Gasteiger partial charge is 0.493 e. The molecule has 7 nitrogen and oxygen atoms in total. The zero-order valence-corrected chi connectivity index (χ0v) is 17.9. The maximum Gasteiger partial charge on any atom is 0.203 e. The Morgan fingerprint density at radius 3 is 2.22 bits per heavy atom. The van der Waals surface area contributed by atoms with Gasteiger partial charge in [0, 0.05) is 40.4 Å². The van der Waals surface area contributed by atoms with E-state index in [0.717, 1.165) is 0 Å². The molecule has 1 aliphatic rings. The van der Waals surface area contributed by atoms with Gasteiger partial charge in [-0.15, -0.1) is 0 Å². The van der Waals surface area contributed by atoms with Crippen molar-refractivity contribution in [3.05, 3.63) is 53.5 Å². The summed E-state index contributed by atoms with van der Waals surface area (Å²) in [5.74, 6) is -0.125. The third-order valence-corrected chi connectivity index (χ3v) is 5.54. The van der Waals surface area contributed by atoms with Crippen molar-refractivity contribution in [2.24, 2.45) is 0 Å². The van der Waals surface area contributed by atoms with E-state index >= 15 is 0 Å². The van der Waals surface area contributed by atoms with Crippen LogP contribution >= 0.6 is 0 Å². The normalized spacial score (nSPS) is 13.9. The van der Waals surface area contributed by atoms with Crippen LogP contribution in [0.1, 0.15) is 17.5 Å². The minimum absolute atomic E-state index is 0.133. The van der Waals surface area contributed by atoms with Gasteiger partial charge in [0.25, 0.3) is 0 Å². The van der Waals surface area contributed by atoms with Gasteiger partial charge in [0.2, 0.25) is 5.75 Å². The second kappa shape index (κ2) is 8.47. The number of hydrogen-bond acceptors (Lipinski definition) is 6. The van der Waals surface area contributed by atoms with Gasteiger partial charge in [0.05, 0.1) is 34.4 Å². The number of halogens is 1. The fourth-order valence-corrected chi connectivity index (χ4v) is 4.18. The van der Waals surface area contributed by atoms with Crippen LogP contribution in [0, 0.1) is 5.82 Å². The predicted molar refractivity (Wildman–Crippen MR) is 117 cm³/mol. The SMILES string of the molecule is COc1cc(C2=C(c3cn(CCO)c4ccc(F)cc34)C(=O)CC2=O)cc(OC)c1OC. The monoisotopic (exact) mass is 439 g/mol. The van der Waals surface area contributed by atoms with E-state index in [2.05, 4.69) is 0 Å². The summed E-state index contributed by atoms with van der Waals surface area (Å²) in [5, 5.41) is 9.92. The summed E-state index contributed by atoms with van der Waals surface area (Å²) < 4.78 is 32.0. The summed E-state index contributed by atoms with van der Waals surface area (Å²) in [7, 11) is 4.39. The first kappa shape index (κ1) is 21.6. The molecule has 1 aromatic heterocycles. The van der Waals surface area contributed by atoms with Crippen LogP contribution in [0.25, 0.3) is 22.0 Å². The first-order valence-corrected chi connectivity index (χ1v) is 9.94. The number of ether oxygens (including phenoxy) is 3. The average Bonchev–Trinajstić information content (AvgIpc) is 3.28. The van der Waals surface area contributed by atoms with Crippen molar-refractivity contribution in [2.75, 3.05) is 27.9 Å². The van der Waals surface area contributed by atoms with Crippen molar-refractivity contribution in [3.8, 4) is 17.2 Å². The van der Waals surface area contributed by atoms with E-state index in [1.54, 1.807) is 29.0 Å². The van der Waals surface area contributed by atoms with E-state index in [9.17, 15) is 19.1 Å². The van der Waals surface area contributed by atoms with Crippen molar-refractivity contribution in [3.63, 3.8) is 0 Å². The second-order valence-corrected chi connectivity index (χ2v) is 7.31. The molecule has 1 aliphatic carbocycles. The Morgan fingerprint density at radius 1 is 0.969 bits per heavy atom. The minimum atomic E-state index is -0.466. The van der Waals surface area contributed by atoms with E-state index in [-0.39, 0.29) is 42.3 Å². The smallest absolute Gasteiger partial charge is 0.203 e. The van der Waals surface area contributed by atoms with Gasteiger partial charge in [-0.2, -0.15) is 0 Å². The molecule has 0 fully saturated rings. The second-order valence-electron chi connectivity index (χ2n) is 7.31. The van der Waals surface area contributed by atoms with Crippen molar-refractivity contribution in [2.45, 2.75) is 13.0 Å². The summed E-state index contributed by atoms with van der Waals surface area (Å²) in [6.45, 7) is 0.128. The predicted octanol–water partition coefficient (Wildman–Crippen LogP) is 3.25. The van der Waals surface area contributed by atoms with Gasteiger partial charge in [-0.05, 0) is 35.9 Å². The Kier molecular flexibility index (Phi) is 5.71. The summed E-state index contributed by atoms with van der Waals surface area (Å²) in [6.07, 6.45) is 1.38. The lowest BCUT2D eigenvalue weighted by molar-refractivity contribution is -0.119. The van der Waals surface area contributed by atoms with Crippen molar-refractivity contribution < 1.29 is 33.3 Å².